The Morgan fingerprint density at radius 3 is 2.50 bits per heavy atom. The Morgan fingerprint density at radius 2 is 1.87 bits per heavy atom. The third-order valence-corrected chi connectivity index (χ3v) is 5.32. The number of aliphatic hydroxyl groups is 1. The van der Waals surface area contributed by atoms with Crippen molar-refractivity contribution in [1.82, 2.24) is 9.80 Å². The highest BCUT2D eigenvalue weighted by Gasteiger charge is 2.45. The smallest absolute Gasteiger partial charge is 0.295 e. The molecular formula is C23H25ClN2O4. The SMILES string of the molecule is COc1cccc(C2/C(=C(/O)c3ccc(Cl)cc3)C(=O)C(=O)N2CCCN(C)C)c1. The van der Waals surface area contributed by atoms with Gasteiger partial charge in [-0.15, -0.1) is 0 Å². The number of methoxy groups -OCH3 is 1. The first-order valence-electron chi connectivity index (χ1n) is 9.66. The zero-order valence-corrected chi connectivity index (χ0v) is 18.0. The van der Waals surface area contributed by atoms with Gasteiger partial charge in [0.15, 0.2) is 0 Å². The summed E-state index contributed by atoms with van der Waals surface area (Å²) in [5, 5.41) is 11.5. The molecule has 1 unspecified atom stereocenters. The summed E-state index contributed by atoms with van der Waals surface area (Å²) in [4.78, 5) is 29.4. The molecule has 158 valence electrons. The topological polar surface area (TPSA) is 70.1 Å². The lowest BCUT2D eigenvalue weighted by Crippen LogP contribution is -2.32. The maximum absolute atomic E-state index is 13.0. The van der Waals surface area contributed by atoms with Crippen molar-refractivity contribution in [2.75, 3.05) is 34.3 Å². The van der Waals surface area contributed by atoms with Crippen LogP contribution in [0, 0.1) is 0 Å². The van der Waals surface area contributed by atoms with Gasteiger partial charge in [-0.3, -0.25) is 9.59 Å². The van der Waals surface area contributed by atoms with Crippen LogP contribution in [0.5, 0.6) is 5.75 Å². The van der Waals surface area contributed by atoms with Gasteiger partial charge < -0.3 is 19.6 Å². The third kappa shape index (κ3) is 4.50. The first-order chi connectivity index (χ1) is 14.3. The quantitative estimate of drug-likeness (QED) is 0.413. The number of amides is 1. The number of aliphatic hydroxyl groups excluding tert-OH is 1. The molecule has 0 radical (unpaired) electrons. The van der Waals surface area contributed by atoms with Crippen molar-refractivity contribution in [3.63, 3.8) is 0 Å². The Kier molecular flexibility index (Phi) is 6.80. The normalized spacial score (nSPS) is 18.3. The van der Waals surface area contributed by atoms with E-state index in [2.05, 4.69) is 0 Å². The molecule has 0 saturated carbocycles. The number of hydrogen-bond donors (Lipinski definition) is 1. The summed E-state index contributed by atoms with van der Waals surface area (Å²) in [5.41, 5.74) is 1.20. The van der Waals surface area contributed by atoms with E-state index in [0.717, 1.165) is 6.54 Å². The summed E-state index contributed by atoms with van der Waals surface area (Å²) in [6.07, 6.45) is 0.696. The molecule has 0 aliphatic carbocycles. The number of carbonyl (C=O) groups excluding carboxylic acids is 2. The Morgan fingerprint density at radius 1 is 1.17 bits per heavy atom. The molecule has 30 heavy (non-hydrogen) atoms. The molecule has 1 saturated heterocycles. The van der Waals surface area contributed by atoms with Crippen molar-refractivity contribution < 1.29 is 19.4 Å². The zero-order valence-electron chi connectivity index (χ0n) is 17.3. The highest BCUT2D eigenvalue weighted by molar-refractivity contribution is 6.46. The van der Waals surface area contributed by atoms with Gasteiger partial charge in [-0.05, 0) is 69.0 Å². The molecule has 7 heteroatoms. The highest BCUT2D eigenvalue weighted by atomic mass is 35.5. The van der Waals surface area contributed by atoms with Crippen molar-refractivity contribution in [3.05, 3.63) is 70.3 Å². The van der Waals surface area contributed by atoms with Crippen molar-refractivity contribution in [1.29, 1.82) is 0 Å². The number of halogens is 1. The average Bonchev–Trinajstić information content (AvgIpc) is 2.98. The summed E-state index contributed by atoms with van der Waals surface area (Å²) in [5.74, 6) is -0.914. The van der Waals surface area contributed by atoms with E-state index in [0.29, 0.717) is 34.9 Å². The molecule has 2 aromatic rings. The monoisotopic (exact) mass is 428 g/mol. The van der Waals surface area contributed by atoms with Gasteiger partial charge in [-0.1, -0.05) is 23.7 Å². The van der Waals surface area contributed by atoms with Gasteiger partial charge in [-0.25, -0.2) is 0 Å². The maximum Gasteiger partial charge on any atom is 0.295 e. The fourth-order valence-corrected chi connectivity index (χ4v) is 3.72. The molecule has 1 N–H and O–H groups in total. The van der Waals surface area contributed by atoms with Crippen LogP contribution >= 0.6 is 11.6 Å². The van der Waals surface area contributed by atoms with E-state index in [-0.39, 0.29) is 11.3 Å². The molecule has 1 fully saturated rings. The predicted molar refractivity (Wildman–Crippen MR) is 117 cm³/mol. The zero-order chi connectivity index (χ0) is 21.8. The average molecular weight is 429 g/mol. The van der Waals surface area contributed by atoms with Crippen LogP contribution in [0.3, 0.4) is 0 Å². The molecule has 3 rings (SSSR count). The highest BCUT2D eigenvalue weighted by Crippen LogP contribution is 2.40. The summed E-state index contributed by atoms with van der Waals surface area (Å²) in [7, 11) is 5.46. The maximum atomic E-state index is 13.0. The number of hydrogen-bond acceptors (Lipinski definition) is 5. The van der Waals surface area contributed by atoms with E-state index in [9.17, 15) is 14.7 Å². The van der Waals surface area contributed by atoms with E-state index in [1.165, 1.54) is 4.90 Å². The van der Waals surface area contributed by atoms with E-state index >= 15 is 0 Å². The van der Waals surface area contributed by atoms with Crippen LogP contribution in [0.4, 0.5) is 0 Å². The van der Waals surface area contributed by atoms with Crippen molar-refractivity contribution in [2.45, 2.75) is 12.5 Å². The van der Waals surface area contributed by atoms with Crippen LogP contribution in [-0.2, 0) is 9.59 Å². The van der Waals surface area contributed by atoms with Crippen molar-refractivity contribution in [2.24, 2.45) is 0 Å². The van der Waals surface area contributed by atoms with Gasteiger partial charge in [0.05, 0.1) is 18.7 Å². The second-order valence-electron chi connectivity index (χ2n) is 7.43. The molecule has 0 aromatic heterocycles. The summed E-state index contributed by atoms with van der Waals surface area (Å²) < 4.78 is 5.32. The molecule has 2 aromatic carbocycles. The number of rotatable bonds is 7. The molecule has 6 nitrogen and oxygen atoms in total. The van der Waals surface area contributed by atoms with Crippen LogP contribution in [0.15, 0.2) is 54.1 Å². The first-order valence-corrected chi connectivity index (χ1v) is 10.0. The summed E-state index contributed by atoms with van der Waals surface area (Å²) in [6.45, 7) is 1.16. The van der Waals surface area contributed by atoms with Crippen LogP contribution in [0.1, 0.15) is 23.6 Å². The number of Topliss-reactive ketones (excluding diaryl/α,β-unsaturated/α-hetero) is 1. The van der Waals surface area contributed by atoms with Gasteiger partial charge >= 0.3 is 0 Å². The van der Waals surface area contributed by atoms with Crippen molar-refractivity contribution >= 4 is 29.1 Å². The third-order valence-electron chi connectivity index (χ3n) is 5.07. The fourth-order valence-electron chi connectivity index (χ4n) is 3.59. The van der Waals surface area contributed by atoms with Gasteiger partial charge in [0.2, 0.25) is 0 Å². The molecule has 1 amide bonds. The second kappa shape index (κ2) is 9.32. The lowest BCUT2D eigenvalue weighted by Gasteiger charge is -2.26. The molecule has 1 atom stereocenters. The minimum Gasteiger partial charge on any atom is -0.507 e. The minimum absolute atomic E-state index is 0.0698. The van der Waals surface area contributed by atoms with Gasteiger partial charge in [0.1, 0.15) is 11.5 Å². The minimum atomic E-state index is -0.696. The lowest BCUT2D eigenvalue weighted by molar-refractivity contribution is -0.139. The van der Waals surface area contributed by atoms with Crippen LogP contribution < -0.4 is 4.74 Å². The molecule has 1 heterocycles. The molecule has 1 aliphatic heterocycles. The summed E-state index contributed by atoms with van der Waals surface area (Å²) in [6, 6.07) is 13.0. The van der Waals surface area contributed by atoms with Crippen LogP contribution in [-0.4, -0.2) is 60.9 Å². The lowest BCUT2D eigenvalue weighted by atomic mass is 9.95. The van der Waals surface area contributed by atoms with Gasteiger partial charge in [0, 0.05) is 17.1 Å². The number of ketones is 1. The van der Waals surface area contributed by atoms with E-state index in [4.69, 9.17) is 16.3 Å². The standard InChI is InChI=1S/C23H25ClN2O4/c1-25(2)12-5-13-26-20(16-6-4-7-18(14-16)30-3)19(22(28)23(26)29)21(27)15-8-10-17(24)11-9-15/h4,6-11,14,20,27H,5,12-13H2,1-3H3/b21-19-. The number of benzene rings is 2. The molecule has 1 aliphatic rings. The second-order valence-corrected chi connectivity index (χ2v) is 7.87. The van der Waals surface area contributed by atoms with Crippen LogP contribution in [0.2, 0.25) is 5.02 Å². The first kappa shape index (κ1) is 21.9. The molecular weight excluding hydrogens is 404 g/mol. The van der Waals surface area contributed by atoms with Gasteiger partial charge in [0.25, 0.3) is 11.7 Å². The van der Waals surface area contributed by atoms with Crippen molar-refractivity contribution in [3.8, 4) is 5.75 Å². The largest absolute Gasteiger partial charge is 0.507 e. The molecule has 0 spiro atoms. The summed E-state index contributed by atoms with van der Waals surface area (Å²) >= 11 is 5.95. The number of likely N-dealkylation sites (tertiary alicyclic amines) is 1. The Bertz CT molecular complexity index is 969. The van der Waals surface area contributed by atoms with Crippen LogP contribution in [0.25, 0.3) is 5.76 Å². The Labute approximate surface area is 181 Å². The molecule has 0 bridgehead atoms. The Hall–Kier alpha value is -2.83. The van der Waals surface area contributed by atoms with E-state index in [1.807, 2.05) is 25.1 Å². The fraction of sp³-hybridized carbons (Fsp3) is 0.304. The Balaban J connectivity index is 2.10. The number of ether oxygens (including phenoxy) is 1. The van der Waals surface area contributed by atoms with E-state index in [1.54, 1.807) is 49.6 Å². The van der Waals surface area contributed by atoms with E-state index < -0.39 is 17.7 Å². The van der Waals surface area contributed by atoms with Gasteiger partial charge in [-0.2, -0.15) is 0 Å². The number of carbonyl (C=O) groups is 2. The predicted octanol–water partition coefficient (Wildman–Crippen LogP) is 3.72. The number of nitrogens with zero attached hydrogens (tertiary/aromatic N) is 2.